The summed E-state index contributed by atoms with van der Waals surface area (Å²) in [5.74, 6) is 0.595. The van der Waals surface area contributed by atoms with E-state index in [1.165, 1.54) is 0 Å². The van der Waals surface area contributed by atoms with Gasteiger partial charge in [0.15, 0.2) is 0 Å². The number of fused-ring (bicyclic) bond motifs is 1. The largest absolute Gasteiger partial charge is 0.481 e. The second-order valence-electron chi connectivity index (χ2n) is 7.58. The molecule has 0 amide bonds. The van der Waals surface area contributed by atoms with Gasteiger partial charge < -0.3 is 10.1 Å². The van der Waals surface area contributed by atoms with Crippen LogP contribution in [-0.4, -0.2) is 27.0 Å². The van der Waals surface area contributed by atoms with Crippen LogP contribution in [0.1, 0.15) is 30.2 Å². The molecule has 0 saturated carbocycles. The molecule has 0 bridgehead atoms. The van der Waals surface area contributed by atoms with Crippen molar-refractivity contribution in [2.45, 2.75) is 32.9 Å². The molecule has 1 N–H and O–H groups in total. The van der Waals surface area contributed by atoms with Crippen molar-refractivity contribution in [3.05, 3.63) is 65.6 Å². The maximum Gasteiger partial charge on any atom is 0.419 e. The molecule has 33 heavy (non-hydrogen) atoms. The average Bonchev–Trinajstić information content (AvgIpc) is 2.79. The molecule has 1 aromatic carbocycles. The Morgan fingerprint density at radius 1 is 1.00 bits per heavy atom. The summed E-state index contributed by atoms with van der Waals surface area (Å²) in [6.45, 7) is 4.03. The van der Waals surface area contributed by atoms with Crippen LogP contribution in [0.25, 0.3) is 22.2 Å². The van der Waals surface area contributed by atoms with Crippen molar-refractivity contribution >= 4 is 22.5 Å². The summed E-state index contributed by atoms with van der Waals surface area (Å²) in [6, 6.07) is 11.4. The third kappa shape index (κ3) is 4.87. The zero-order valence-corrected chi connectivity index (χ0v) is 18.4. The van der Waals surface area contributed by atoms with E-state index in [0.29, 0.717) is 11.6 Å². The molecule has 3 aromatic heterocycles. The van der Waals surface area contributed by atoms with E-state index in [4.69, 9.17) is 9.72 Å². The Labute approximate surface area is 188 Å². The molecule has 3 heterocycles. The number of benzene rings is 1. The summed E-state index contributed by atoms with van der Waals surface area (Å²) in [7, 11) is 1.57. The molecule has 6 nitrogen and oxygen atoms in total. The zero-order chi connectivity index (χ0) is 23.6. The van der Waals surface area contributed by atoms with Crippen molar-refractivity contribution in [3.8, 4) is 17.1 Å². The van der Waals surface area contributed by atoms with E-state index in [0.717, 1.165) is 58.7 Å². The molecular formula is C24H22F3N5O. The number of aromatic nitrogens is 4. The fraction of sp³-hybridized carbons (Fsp3) is 0.250. The van der Waals surface area contributed by atoms with Crippen molar-refractivity contribution in [2.24, 2.45) is 0 Å². The third-order valence-electron chi connectivity index (χ3n) is 5.15. The van der Waals surface area contributed by atoms with Crippen LogP contribution in [0.3, 0.4) is 0 Å². The molecule has 4 rings (SSSR count). The van der Waals surface area contributed by atoms with Gasteiger partial charge in [-0.15, -0.1) is 0 Å². The predicted octanol–water partition coefficient (Wildman–Crippen LogP) is 6.12. The van der Waals surface area contributed by atoms with Crippen LogP contribution < -0.4 is 10.1 Å². The van der Waals surface area contributed by atoms with Gasteiger partial charge in [-0.3, -0.25) is 4.98 Å². The molecule has 0 aliphatic carbocycles. The smallest absolute Gasteiger partial charge is 0.419 e. The summed E-state index contributed by atoms with van der Waals surface area (Å²) in [5, 5.41) is 3.84. The molecule has 0 aliphatic rings. The molecule has 170 valence electrons. The first-order valence-electron chi connectivity index (χ1n) is 10.4. The first-order chi connectivity index (χ1) is 15.8. The number of methoxy groups -OCH3 is 1. The molecule has 0 radical (unpaired) electrons. The van der Waals surface area contributed by atoms with Crippen LogP contribution in [0.4, 0.5) is 24.8 Å². The number of aryl methyl sites for hydroxylation is 2. The number of alkyl halides is 3. The lowest BCUT2D eigenvalue weighted by atomic mass is 10.0. The van der Waals surface area contributed by atoms with Crippen LogP contribution in [-0.2, 0) is 12.6 Å². The number of nitrogens with one attached hydrogen (secondary N) is 1. The van der Waals surface area contributed by atoms with E-state index in [1.807, 2.05) is 43.3 Å². The minimum Gasteiger partial charge on any atom is -0.481 e. The van der Waals surface area contributed by atoms with Crippen molar-refractivity contribution in [3.63, 3.8) is 0 Å². The Morgan fingerprint density at radius 2 is 1.76 bits per heavy atom. The molecule has 0 fully saturated rings. The number of nitrogens with zero attached hydrogens (tertiary/aromatic N) is 4. The van der Waals surface area contributed by atoms with E-state index in [-0.39, 0.29) is 5.95 Å². The summed E-state index contributed by atoms with van der Waals surface area (Å²) < 4.78 is 43.7. The predicted molar refractivity (Wildman–Crippen MR) is 121 cm³/mol. The highest BCUT2D eigenvalue weighted by molar-refractivity contribution is 5.95. The Hall–Kier alpha value is -3.75. The molecule has 0 aliphatic heterocycles. The highest BCUT2D eigenvalue weighted by atomic mass is 19.4. The Balaban J connectivity index is 1.77. The number of rotatable bonds is 6. The number of hydrogen-bond donors (Lipinski definition) is 1. The summed E-state index contributed by atoms with van der Waals surface area (Å²) in [5.41, 5.74) is 4.03. The maximum absolute atomic E-state index is 12.8. The average molecular weight is 453 g/mol. The van der Waals surface area contributed by atoms with E-state index < -0.39 is 11.7 Å². The minimum absolute atomic E-state index is 0.0762. The van der Waals surface area contributed by atoms with Crippen molar-refractivity contribution < 1.29 is 17.9 Å². The van der Waals surface area contributed by atoms with Crippen LogP contribution in [0.5, 0.6) is 5.88 Å². The number of hydrogen-bond acceptors (Lipinski definition) is 6. The second-order valence-corrected chi connectivity index (χ2v) is 7.58. The SMILES string of the molecule is CCCc1cc(Nc2ncc(C(F)(F)F)cn2)c2ccc(-c3nc(OC)ccc3C)cc2n1. The molecular weight excluding hydrogens is 431 g/mol. The van der Waals surface area contributed by atoms with Gasteiger partial charge >= 0.3 is 6.18 Å². The highest BCUT2D eigenvalue weighted by Crippen LogP contribution is 2.32. The summed E-state index contributed by atoms with van der Waals surface area (Å²) in [4.78, 5) is 17.0. The van der Waals surface area contributed by atoms with Crippen LogP contribution in [0.2, 0.25) is 0 Å². The van der Waals surface area contributed by atoms with E-state index >= 15 is 0 Å². The van der Waals surface area contributed by atoms with Crippen LogP contribution >= 0.6 is 0 Å². The van der Waals surface area contributed by atoms with Gasteiger partial charge in [0.1, 0.15) is 0 Å². The summed E-state index contributed by atoms with van der Waals surface area (Å²) in [6.07, 6.45) is -1.31. The summed E-state index contributed by atoms with van der Waals surface area (Å²) >= 11 is 0. The van der Waals surface area contributed by atoms with Crippen molar-refractivity contribution in [1.82, 2.24) is 19.9 Å². The number of halogens is 3. The first-order valence-corrected chi connectivity index (χ1v) is 10.4. The van der Waals surface area contributed by atoms with Crippen molar-refractivity contribution in [2.75, 3.05) is 12.4 Å². The number of pyridine rings is 2. The first kappa shape index (κ1) is 22.4. The lowest BCUT2D eigenvalue weighted by Crippen LogP contribution is -2.07. The molecule has 0 spiro atoms. The molecule has 0 unspecified atom stereocenters. The standard InChI is InChI=1S/C24H22F3N5O/c1-4-5-17-11-20(31-23-28-12-16(13-29-23)24(25,26)27)18-8-7-15(10-19(18)30-17)22-14(2)6-9-21(32-22)33-3/h6-13H,4-5H2,1-3H3,(H,28,29,30,31). The van der Waals surface area contributed by atoms with E-state index in [2.05, 4.69) is 27.2 Å². The molecule has 4 aromatic rings. The van der Waals surface area contributed by atoms with Gasteiger partial charge in [0, 0.05) is 35.1 Å². The fourth-order valence-corrected chi connectivity index (χ4v) is 3.49. The van der Waals surface area contributed by atoms with Gasteiger partial charge in [0.05, 0.1) is 29.6 Å². The second kappa shape index (κ2) is 9.01. The Morgan fingerprint density at radius 3 is 2.42 bits per heavy atom. The fourth-order valence-electron chi connectivity index (χ4n) is 3.49. The monoisotopic (exact) mass is 453 g/mol. The number of anilines is 2. The van der Waals surface area contributed by atoms with Gasteiger partial charge in [0.2, 0.25) is 11.8 Å². The normalized spacial score (nSPS) is 11.6. The molecule has 0 saturated heterocycles. The number of ether oxygens (including phenoxy) is 1. The van der Waals surface area contributed by atoms with Crippen molar-refractivity contribution in [1.29, 1.82) is 0 Å². The van der Waals surface area contributed by atoms with Gasteiger partial charge in [0.25, 0.3) is 0 Å². The zero-order valence-electron chi connectivity index (χ0n) is 18.4. The molecule has 0 atom stereocenters. The maximum atomic E-state index is 12.8. The van der Waals surface area contributed by atoms with Gasteiger partial charge in [-0.05, 0) is 31.0 Å². The van der Waals surface area contributed by atoms with Gasteiger partial charge in [-0.25, -0.2) is 15.0 Å². The van der Waals surface area contributed by atoms with Gasteiger partial charge in [-0.2, -0.15) is 13.2 Å². The third-order valence-corrected chi connectivity index (χ3v) is 5.15. The highest BCUT2D eigenvalue weighted by Gasteiger charge is 2.31. The Bertz CT molecular complexity index is 1290. The molecule has 9 heteroatoms. The topological polar surface area (TPSA) is 72.8 Å². The van der Waals surface area contributed by atoms with Gasteiger partial charge in [-0.1, -0.05) is 31.5 Å². The van der Waals surface area contributed by atoms with Crippen LogP contribution in [0.15, 0.2) is 48.8 Å². The Kier molecular flexibility index (Phi) is 6.13. The van der Waals surface area contributed by atoms with Crippen LogP contribution in [0, 0.1) is 6.92 Å². The lowest BCUT2D eigenvalue weighted by molar-refractivity contribution is -0.138. The minimum atomic E-state index is -4.49. The lowest BCUT2D eigenvalue weighted by Gasteiger charge is -2.13. The quantitative estimate of drug-likeness (QED) is 0.379. The van der Waals surface area contributed by atoms with E-state index in [9.17, 15) is 13.2 Å². The van der Waals surface area contributed by atoms with E-state index in [1.54, 1.807) is 7.11 Å².